The number of benzene rings is 2. The molecule has 1 aliphatic heterocycles. The first kappa shape index (κ1) is 25.7. The van der Waals surface area contributed by atoms with Crippen LogP contribution >= 0.6 is 23.2 Å². The summed E-state index contributed by atoms with van der Waals surface area (Å²) in [4.78, 5) is 34.7. The lowest BCUT2D eigenvalue weighted by Crippen LogP contribution is -2.48. The second-order valence-corrected chi connectivity index (χ2v) is 8.55. The van der Waals surface area contributed by atoms with E-state index in [-0.39, 0.29) is 52.1 Å². The molecule has 1 fully saturated rings. The molecule has 2 aromatic carbocycles. The van der Waals surface area contributed by atoms with Gasteiger partial charge in [-0.05, 0) is 43.0 Å². The lowest BCUT2D eigenvalue weighted by atomic mass is 9.92. The van der Waals surface area contributed by atoms with Crippen LogP contribution in [-0.2, 0) is 9.59 Å². The second kappa shape index (κ2) is 12.0. The number of hydrogen-bond acceptors (Lipinski definition) is 7. The Kier molecular flexibility index (Phi) is 9.03. The van der Waals surface area contributed by atoms with Crippen LogP contribution in [0.25, 0.3) is 0 Å². The zero-order valence-corrected chi connectivity index (χ0v) is 19.5. The molecule has 1 N–H and O–H groups in total. The number of nitro groups is 1. The van der Waals surface area contributed by atoms with Gasteiger partial charge in [0.1, 0.15) is 28.9 Å². The van der Waals surface area contributed by atoms with E-state index in [4.69, 9.17) is 32.7 Å². The average Bonchev–Trinajstić information content (AvgIpc) is 2.80. The molecule has 9 nitrogen and oxygen atoms in total. The number of nitrogens with zero attached hydrogens (tertiary/aromatic N) is 2. The molecular formula is C22H22Cl2FN3O6. The molecule has 0 atom stereocenters. The van der Waals surface area contributed by atoms with Crippen LogP contribution in [0.4, 0.5) is 10.1 Å². The van der Waals surface area contributed by atoms with Crippen LogP contribution in [0.5, 0.6) is 11.5 Å². The van der Waals surface area contributed by atoms with E-state index in [1.54, 1.807) is 5.01 Å². The molecule has 0 bridgehead atoms. The van der Waals surface area contributed by atoms with Crippen molar-refractivity contribution < 1.29 is 28.4 Å². The summed E-state index contributed by atoms with van der Waals surface area (Å²) in [6, 6.07) is 7.93. The van der Waals surface area contributed by atoms with Gasteiger partial charge in [0.2, 0.25) is 0 Å². The summed E-state index contributed by atoms with van der Waals surface area (Å²) in [5.74, 6) is -0.563. The van der Waals surface area contributed by atoms with Crippen LogP contribution in [-0.4, -0.2) is 47.9 Å². The number of nitrogens with one attached hydrogen (secondary N) is 1. The molecule has 1 aliphatic rings. The van der Waals surface area contributed by atoms with E-state index >= 15 is 0 Å². The zero-order chi connectivity index (χ0) is 24.7. The first-order chi connectivity index (χ1) is 16.2. The Morgan fingerprint density at radius 3 is 2.32 bits per heavy atom. The minimum atomic E-state index is -0.631. The number of halogens is 3. The van der Waals surface area contributed by atoms with Crippen LogP contribution in [0.1, 0.15) is 19.3 Å². The van der Waals surface area contributed by atoms with Crippen molar-refractivity contribution >= 4 is 40.6 Å². The fourth-order valence-electron chi connectivity index (χ4n) is 3.44. The van der Waals surface area contributed by atoms with Gasteiger partial charge >= 0.3 is 0 Å². The van der Waals surface area contributed by atoms with E-state index in [0.29, 0.717) is 32.4 Å². The van der Waals surface area contributed by atoms with Crippen LogP contribution in [0.3, 0.4) is 0 Å². The van der Waals surface area contributed by atoms with Crippen molar-refractivity contribution in [1.29, 1.82) is 0 Å². The number of piperidine rings is 1. The zero-order valence-electron chi connectivity index (χ0n) is 18.0. The molecule has 0 spiro atoms. The number of hydrogen-bond donors (Lipinski definition) is 1. The molecule has 34 heavy (non-hydrogen) atoms. The van der Waals surface area contributed by atoms with Crippen LogP contribution in [0, 0.1) is 21.8 Å². The van der Waals surface area contributed by atoms with Gasteiger partial charge in [0.05, 0.1) is 16.0 Å². The number of carbonyl (C=O) groups excluding carboxylic acids is 2. The number of ether oxygens (including phenoxy) is 2. The van der Waals surface area contributed by atoms with Gasteiger partial charge in [0, 0.05) is 25.6 Å². The quantitative estimate of drug-likeness (QED) is 0.374. The summed E-state index contributed by atoms with van der Waals surface area (Å²) in [7, 11) is 0. The van der Waals surface area contributed by atoms with Gasteiger partial charge in [-0.25, -0.2) is 9.40 Å². The molecule has 2 aromatic rings. The number of Topliss-reactive ketones (excluding diaryl/α,β-unsaturated/α-hetero) is 1. The molecule has 182 valence electrons. The SMILES string of the molecule is O=C(COc1ccc(Cl)c(F)c1)CC1CCN(NC(=O)COc2ccc(Cl)c([N+](=O)[O-])c2)CC1. The van der Waals surface area contributed by atoms with Gasteiger partial charge in [-0.1, -0.05) is 23.2 Å². The minimum absolute atomic E-state index is 0.0157. The lowest BCUT2D eigenvalue weighted by molar-refractivity contribution is -0.384. The number of carbonyl (C=O) groups is 2. The Hall–Kier alpha value is -2.95. The van der Waals surface area contributed by atoms with Crippen molar-refractivity contribution in [2.45, 2.75) is 19.3 Å². The predicted molar refractivity (Wildman–Crippen MR) is 123 cm³/mol. The van der Waals surface area contributed by atoms with E-state index in [1.807, 2.05) is 0 Å². The summed E-state index contributed by atoms with van der Waals surface area (Å²) in [5, 5.41) is 12.6. The number of hydrazine groups is 1. The van der Waals surface area contributed by atoms with Gasteiger partial charge < -0.3 is 9.47 Å². The second-order valence-electron chi connectivity index (χ2n) is 7.73. The normalized spacial score (nSPS) is 14.4. The topological polar surface area (TPSA) is 111 Å². The molecule has 1 heterocycles. The molecule has 0 aromatic heterocycles. The molecular weight excluding hydrogens is 492 g/mol. The fraction of sp³-hybridized carbons (Fsp3) is 0.364. The highest BCUT2D eigenvalue weighted by Crippen LogP contribution is 2.28. The fourth-order valence-corrected chi connectivity index (χ4v) is 3.74. The first-order valence-corrected chi connectivity index (χ1v) is 11.2. The number of ketones is 1. The third-order valence-electron chi connectivity index (χ3n) is 5.19. The molecule has 0 saturated carbocycles. The van der Waals surface area contributed by atoms with Gasteiger partial charge in [0.25, 0.3) is 11.6 Å². The Bertz CT molecular complexity index is 1060. The van der Waals surface area contributed by atoms with Crippen molar-refractivity contribution in [2.75, 3.05) is 26.3 Å². The smallest absolute Gasteiger partial charge is 0.291 e. The molecule has 0 aliphatic carbocycles. The van der Waals surface area contributed by atoms with E-state index < -0.39 is 16.6 Å². The summed E-state index contributed by atoms with van der Waals surface area (Å²) < 4.78 is 24.1. The Morgan fingerprint density at radius 2 is 1.68 bits per heavy atom. The number of rotatable bonds is 10. The van der Waals surface area contributed by atoms with Gasteiger partial charge in [-0.2, -0.15) is 0 Å². The lowest BCUT2D eigenvalue weighted by Gasteiger charge is -2.31. The van der Waals surface area contributed by atoms with E-state index in [0.717, 1.165) is 12.1 Å². The van der Waals surface area contributed by atoms with E-state index in [2.05, 4.69) is 5.43 Å². The highest BCUT2D eigenvalue weighted by atomic mass is 35.5. The van der Waals surface area contributed by atoms with Crippen molar-refractivity contribution in [3.8, 4) is 11.5 Å². The van der Waals surface area contributed by atoms with Crippen LogP contribution in [0.15, 0.2) is 36.4 Å². The highest BCUT2D eigenvalue weighted by molar-refractivity contribution is 6.32. The highest BCUT2D eigenvalue weighted by Gasteiger charge is 2.23. The molecule has 0 radical (unpaired) electrons. The maximum atomic E-state index is 13.4. The summed E-state index contributed by atoms with van der Waals surface area (Å²) in [5.41, 5.74) is 2.42. The van der Waals surface area contributed by atoms with Gasteiger partial charge in [0.15, 0.2) is 12.4 Å². The van der Waals surface area contributed by atoms with Gasteiger partial charge in [-0.15, -0.1) is 0 Å². The minimum Gasteiger partial charge on any atom is -0.486 e. The Morgan fingerprint density at radius 1 is 1.06 bits per heavy atom. The van der Waals surface area contributed by atoms with E-state index in [9.17, 15) is 24.1 Å². The standard InChI is InChI=1S/C22H22Cl2FN3O6/c23-18-3-1-16(10-20(18)25)33-12-15(29)9-14-5-7-27(8-6-14)26-22(30)13-34-17-2-4-19(24)21(11-17)28(31)32/h1-4,10-11,14H,5-9,12-13H2,(H,26,30). The first-order valence-electron chi connectivity index (χ1n) is 10.4. The van der Waals surface area contributed by atoms with Crippen molar-refractivity contribution in [1.82, 2.24) is 10.4 Å². The molecule has 12 heteroatoms. The van der Waals surface area contributed by atoms with E-state index in [1.165, 1.54) is 24.3 Å². The number of nitro benzene ring substituents is 1. The maximum absolute atomic E-state index is 13.4. The van der Waals surface area contributed by atoms with Crippen molar-refractivity contribution in [2.24, 2.45) is 5.92 Å². The van der Waals surface area contributed by atoms with Crippen LogP contribution < -0.4 is 14.9 Å². The largest absolute Gasteiger partial charge is 0.486 e. The molecule has 1 saturated heterocycles. The number of amides is 1. The van der Waals surface area contributed by atoms with Gasteiger partial charge in [-0.3, -0.25) is 25.1 Å². The summed E-state index contributed by atoms with van der Waals surface area (Å²) in [6.45, 7) is 0.636. The Balaban J connectivity index is 1.35. The molecule has 3 rings (SSSR count). The third-order valence-corrected chi connectivity index (χ3v) is 5.81. The van der Waals surface area contributed by atoms with Crippen molar-refractivity contribution in [3.63, 3.8) is 0 Å². The van der Waals surface area contributed by atoms with Crippen molar-refractivity contribution in [3.05, 3.63) is 62.4 Å². The summed E-state index contributed by atoms with van der Waals surface area (Å²) in [6.07, 6.45) is 1.73. The maximum Gasteiger partial charge on any atom is 0.291 e. The van der Waals surface area contributed by atoms with Crippen LogP contribution in [0.2, 0.25) is 10.0 Å². The Labute approximate surface area is 204 Å². The predicted octanol–water partition coefficient (Wildman–Crippen LogP) is 4.20. The molecule has 1 amide bonds. The average molecular weight is 514 g/mol. The molecule has 0 unspecified atom stereocenters. The summed E-state index contributed by atoms with van der Waals surface area (Å²) >= 11 is 11.4. The third kappa shape index (κ3) is 7.54. The monoisotopic (exact) mass is 513 g/mol.